The van der Waals surface area contributed by atoms with Crippen molar-refractivity contribution >= 4 is 0 Å². The molecule has 0 radical (unpaired) electrons. The molecule has 0 fully saturated rings. The monoisotopic (exact) mass is 171 g/mol. The maximum absolute atomic E-state index is 3.37. The fraction of sp³-hybridized carbons (Fsp3) is 1.00. The predicted molar refractivity (Wildman–Crippen MR) is 56.4 cm³/mol. The molecule has 1 N–H and O–H groups in total. The Kier molecular flexibility index (Phi) is 7.58. The SMILES string of the molecule is CCNCCC(C)CCC(C)C. The highest BCUT2D eigenvalue weighted by atomic mass is 14.8. The molecule has 0 saturated carbocycles. The van der Waals surface area contributed by atoms with Gasteiger partial charge in [0.1, 0.15) is 0 Å². The third kappa shape index (κ3) is 8.06. The van der Waals surface area contributed by atoms with Gasteiger partial charge in [-0.25, -0.2) is 0 Å². The van der Waals surface area contributed by atoms with E-state index in [9.17, 15) is 0 Å². The van der Waals surface area contributed by atoms with Gasteiger partial charge in [0.25, 0.3) is 0 Å². The molecule has 12 heavy (non-hydrogen) atoms. The molecule has 0 aromatic rings. The lowest BCUT2D eigenvalue weighted by molar-refractivity contribution is 0.420. The minimum atomic E-state index is 0.867. The van der Waals surface area contributed by atoms with E-state index in [1.807, 2.05) is 0 Å². The summed E-state index contributed by atoms with van der Waals surface area (Å²) in [5.74, 6) is 1.76. The van der Waals surface area contributed by atoms with Crippen LogP contribution < -0.4 is 5.32 Å². The van der Waals surface area contributed by atoms with E-state index in [4.69, 9.17) is 0 Å². The molecule has 1 unspecified atom stereocenters. The van der Waals surface area contributed by atoms with Gasteiger partial charge in [-0.2, -0.15) is 0 Å². The second-order valence-electron chi connectivity index (χ2n) is 4.22. The normalized spacial score (nSPS) is 13.8. The van der Waals surface area contributed by atoms with Crippen molar-refractivity contribution in [3.05, 3.63) is 0 Å². The van der Waals surface area contributed by atoms with Gasteiger partial charge in [-0.05, 0) is 31.3 Å². The molecular formula is C11H25N. The second-order valence-corrected chi connectivity index (χ2v) is 4.22. The summed E-state index contributed by atoms with van der Waals surface area (Å²) in [6.45, 7) is 11.4. The molecule has 0 aromatic heterocycles. The van der Waals surface area contributed by atoms with Crippen molar-refractivity contribution in [3.63, 3.8) is 0 Å². The molecule has 1 atom stereocenters. The first kappa shape index (κ1) is 12.0. The van der Waals surface area contributed by atoms with Crippen LogP contribution in [-0.4, -0.2) is 13.1 Å². The molecule has 0 aliphatic rings. The highest BCUT2D eigenvalue weighted by molar-refractivity contribution is 4.57. The molecule has 0 aromatic carbocycles. The Labute approximate surface area is 77.9 Å². The van der Waals surface area contributed by atoms with Gasteiger partial charge in [0.05, 0.1) is 0 Å². The van der Waals surface area contributed by atoms with Gasteiger partial charge in [-0.3, -0.25) is 0 Å². The molecule has 0 aliphatic carbocycles. The van der Waals surface area contributed by atoms with Crippen LogP contribution >= 0.6 is 0 Å². The van der Waals surface area contributed by atoms with Crippen molar-refractivity contribution in [1.29, 1.82) is 0 Å². The van der Waals surface area contributed by atoms with Crippen LogP contribution in [0.2, 0.25) is 0 Å². The van der Waals surface area contributed by atoms with Crippen molar-refractivity contribution in [2.45, 2.75) is 47.0 Å². The van der Waals surface area contributed by atoms with E-state index in [2.05, 4.69) is 33.0 Å². The Morgan fingerprint density at radius 2 is 1.67 bits per heavy atom. The minimum Gasteiger partial charge on any atom is -0.317 e. The highest BCUT2D eigenvalue weighted by Crippen LogP contribution is 2.13. The van der Waals surface area contributed by atoms with Gasteiger partial charge in [0, 0.05) is 0 Å². The van der Waals surface area contributed by atoms with Gasteiger partial charge >= 0.3 is 0 Å². The zero-order valence-corrected chi connectivity index (χ0v) is 9.19. The molecule has 0 rings (SSSR count). The van der Waals surface area contributed by atoms with Crippen molar-refractivity contribution in [2.24, 2.45) is 11.8 Å². The van der Waals surface area contributed by atoms with E-state index in [1.54, 1.807) is 0 Å². The summed E-state index contributed by atoms with van der Waals surface area (Å²) in [7, 11) is 0. The van der Waals surface area contributed by atoms with Crippen LogP contribution in [0.4, 0.5) is 0 Å². The van der Waals surface area contributed by atoms with Crippen LogP contribution in [-0.2, 0) is 0 Å². The summed E-state index contributed by atoms with van der Waals surface area (Å²) in [4.78, 5) is 0. The zero-order chi connectivity index (χ0) is 9.40. The third-order valence-corrected chi connectivity index (χ3v) is 2.30. The van der Waals surface area contributed by atoms with Crippen LogP contribution in [0.15, 0.2) is 0 Å². The fourth-order valence-electron chi connectivity index (χ4n) is 1.29. The van der Waals surface area contributed by atoms with Gasteiger partial charge in [-0.1, -0.05) is 40.5 Å². The quantitative estimate of drug-likeness (QED) is 0.580. The Balaban J connectivity index is 3.15. The maximum Gasteiger partial charge on any atom is -0.00465 e. The summed E-state index contributed by atoms with van der Waals surface area (Å²) in [6.07, 6.45) is 4.11. The Morgan fingerprint density at radius 1 is 1.00 bits per heavy atom. The molecular weight excluding hydrogens is 146 g/mol. The zero-order valence-electron chi connectivity index (χ0n) is 9.19. The molecule has 0 bridgehead atoms. The molecule has 74 valence electrons. The Bertz CT molecular complexity index is 89.0. The largest absolute Gasteiger partial charge is 0.317 e. The summed E-state index contributed by atoms with van der Waals surface area (Å²) >= 11 is 0. The Hall–Kier alpha value is -0.0400. The van der Waals surface area contributed by atoms with E-state index in [0.717, 1.165) is 18.4 Å². The first-order valence-electron chi connectivity index (χ1n) is 5.37. The summed E-state index contributed by atoms with van der Waals surface area (Å²) in [6, 6.07) is 0. The van der Waals surface area contributed by atoms with Gasteiger partial charge < -0.3 is 5.32 Å². The van der Waals surface area contributed by atoms with Crippen LogP contribution in [0.3, 0.4) is 0 Å². The van der Waals surface area contributed by atoms with E-state index < -0.39 is 0 Å². The predicted octanol–water partition coefficient (Wildman–Crippen LogP) is 3.06. The highest BCUT2D eigenvalue weighted by Gasteiger charge is 2.02. The van der Waals surface area contributed by atoms with Crippen molar-refractivity contribution in [1.82, 2.24) is 5.32 Å². The molecule has 0 spiro atoms. The van der Waals surface area contributed by atoms with E-state index in [0.29, 0.717) is 0 Å². The maximum atomic E-state index is 3.37. The second kappa shape index (κ2) is 7.60. The molecule has 0 aliphatic heterocycles. The first-order valence-corrected chi connectivity index (χ1v) is 5.37. The third-order valence-electron chi connectivity index (χ3n) is 2.30. The summed E-state index contributed by atoms with van der Waals surface area (Å²) in [5, 5.41) is 3.37. The number of hydrogen-bond acceptors (Lipinski definition) is 1. The summed E-state index contributed by atoms with van der Waals surface area (Å²) < 4.78 is 0. The topological polar surface area (TPSA) is 12.0 Å². The Morgan fingerprint density at radius 3 is 2.17 bits per heavy atom. The van der Waals surface area contributed by atoms with Gasteiger partial charge in [-0.15, -0.1) is 0 Å². The minimum absolute atomic E-state index is 0.867. The van der Waals surface area contributed by atoms with E-state index in [1.165, 1.54) is 25.8 Å². The average molecular weight is 171 g/mol. The van der Waals surface area contributed by atoms with Crippen LogP contribution in [0, 0.1) is 11.8 Å². The standard InChI is InChI=1S/C11H25N/c1-5-12-9-8-11(4)7-6-10(2)3/h10-12H,5-9H2,1-4H3. The van der Waals surface area contributed by atoms with Crippen LogP contribution in [0.1, 0.15) is 47.0 Å². The molecule has 0 amide bonds. The van der Waals surface area contributed by atoms with Gasteiger partial charge in [0.15, 0.2) is 0 Å². The number of hydrogen-bond donors (Lipinski definition) is 1. The van der Waals surface area contributed by atoms with Crippen molar-refractivity contribution in [2.75, 3.05) is 13.1 Å². The number of nitrogens with one attached hydrogen (secondary N) is 1. The fourth-order valence-corrected chi connectivity index (χ4v) is 1.29. The van der Waals surface area contributed by atoms with Crippen LogP contribution in [0.25, 0.3) is 0 Å². The molecule has 0 heterocycles. The van der Waals surface area contributed by atoms with Gasteiger partial charge in [0.2, 0.25) is 0 Å². The molecule has 1 nitrogen and oxygen atoms in total. The lowest BCUT2D eigenvalue weighted by Crippen LogP contribution is -2.16. The van der Waals surface area contributed by atoms with Crippen molar-refractivity contribution < 1.29 is 0 Å². The average Bonchev–Trinajstić information content (AvgIpc) is 2.01. The van der Waals surface area contributed by atoms with Crippen molar-refractivity contribution in [3.8, 4) is 0 Å². The lowest BCUT2D eigenvalue weighted by Gasteiger charge is -2.12. The number of rotatable bonds is 7. The van der Waals surface area contributed by atoms with Crippen LogP contribution in [0.5, 0.6) is 0 Å². The molecule has 1 heteroatoms. The smallest absolute Gasteiger partial charge is 0.00465 e. The first-order chi connectivity index (χ1) is 5.66. The molecule has 0 saturated heterocycles. The summed E-state index contributed by atoms with van der Waals surface area (Å²) in [5.41, 5.74) is 0. The van der Waals surface area contributed by atoms with E-state index in [-0.39, 0.29) is 0 Å². The lowest BCUT2D eigenvalue weighted by atomic mass is 9.97. The van der Waals surface area contributed by atoms with E-state index >= 15 is 0 Å².